The summed E-state index contributed by atoms with van der Waals surface area (Å²) < 4.78 is 12.5. The van der Waals surface area contributed by atoms with Crippen molar-refractivity contribution < 1.29 is 0 Å². The molecule has 15 aromatic rings. The van der Waals surface area contributed by atoms with Gasteiger partial charge in [0.25, 0.3) is 0 Å². The molecule has 0 N–H and O–H groups in total. The van der Waals surface area contributed by atoms with Gasteiger partial charge in [-0.25, -0.2) is 0 Å². The maximum atomic E-state index is 2.54. The highest BCUT2D eigenvalue weighted by molar-refractivity contribution is 7.26. The number of hydrogen-bond acceptors (Lipinski definition) is 1. The summed E-state index contributed by atoms with van der Waals surface area (Å²) in [6, 6.07) is 80.6. The minimum absolute atomic E-state index is 1.16. The van der Waals surface area contributed by atoms with Crippen LogP contribution in [0.4, 0.5) is 0 Å². The van der Waals surface area contributed by atoms with Gasteiger partial charge in [0.05, 0.1) is 70.6 Å². The first-order chi connectivity index (χ1) is 32.3. The van der Waals surface area contributed by atoms with Gasteiger partial charge in [-0.3, -0.25) is 0 Å². The molecule has 0 saturated heterocycles. The van der Waals surface area contributed by atoms with Crippen molar-refractivity contribution in [2.45, 2.75) is 0 Å². The molecule has 302 valence electrons. The summed E-state index contributed by atoms with van der Waals surface area (Å²) in [7, 11) is 0. The fourth-order valence-electron chi connectivity index (χ4n) is 11.3. The number of nitrogens with zero attached hydrogens (tertiary/aromatic N) is 4. The van der Waals surface area contributed by atoms with Crippen molar-refractivity contribution in [3.05, 3.63) is 218 Å². The molecule has 5 aromatic heterocycles. The molecule has 0 radical (unpaired) electrons. The highest BCUT2D eigenvalue weighted by atomic mass is 32.1. The fraction of sp³-hybridized carbons (Fsp3) is 0. The minimum Gasteiger partial charge on any atom is -0.309 e. The highest BCUT2D eigenvalue weighted by Crippen LogP contribution is 2.46. The SMILES string of the molecule is c1cc(-n2c3ccccc3c3cc(-n4c5ccccc5c5ccccc54)ccc32)c2sc3c(-n4c5ccccc5c5cccc(-n6c7ccccc7c7ccccc76)c54)cccc3c2c1. The molecule has 5 heterocycles. The Morgan fingerprint density at radius 3 is 1.08 bits per heavy atom. The Hall–Kier alpha value is -8.38. The zero-order valence-corrected chi connectivity index (χ0v) is 35.8. The fourth-order valence-corrected chi connectivity index (χ4v) is 12.6. The predicted octanol–water partition coefficient (Wildman–Crippen LogP) is 16.4. The van der Waals surface area contributed by atoms with Gasteiger partial charge in [-0.1, -0.05) is 146 Å². The van der Waals surface area contributed by atoms with E-state index in [-0.39, 0.29) is 0 Å². The van der Waals surface area contributed by atoms with Crippen molar-refractivity contribution in [1.82, 2.24) is 18.3 Å². The third kappa shape index (κ3) is 4.69. The quantitative estimate of drug-likeness (QED) is 0.168. The van der Waals surface area contributed by atoms with Crippen LogP contribution in [0.2, 0.25) is 0 Å². The monoisotopic (exact) mass is 844 g/mol. The number of benzene rings is 10. The lowest BCUT2D eigenvalue weighted by Crippen LogP contribution is -2.00. The van der Waals surface area contributed by atoms with E-state index in [1.54, 1.807) is 0 Å². The zero-order valence-electron chi connectivity index (χ0n) is 35.0. The second-order valence-electron chi connectivity index (χ2n) is 17.2. The summed E-state index contributed by atoms with van der Waals surface area (Å²) >= 11 is 1.91. The van der Waals surface area contributed by atoms with Gasteiger partial charge in [-0.05, 0) is 72.8 Å². The summed E-state index contributed by atoms with van der Waals surface area (Å²) in [6.45, 7) is 0. The largest absolute Gasteiger partial charge is 0.309 e. The Balaban J connectivity index is 0.992. The summed E-state index contributed by atoms with van der Waals surface area (Å²) in [4.78, 5) is 0. The molecule has 0 aliphatic rings. The van der Waals surface area contributed by atoms with Crippen LogP contribution in [0.3, 0.4) is 0 Å². The van der Waals surface area contributed by atoms with Crippen molar-refractivity contribution in [2.75, 3.05) is 0 Å². The minimum atomic E-state index is 1.16. The molecule has 0 spiro atoms. The topological polar surface area (TPSA) is 19.7 Å². The summed E-state index contributed by atoms with van der Waals surface area (Å²) in [5, 5.41) is 12.5. The van der Waals surface area contributed by atoms with E-state index in [2.05, 4.69) is 237 Å². The van der Waals surface area contributed by atoms with Crippen LogP contribution in [-0.2, 0) is 0 Å². The van der Waals surface area contributed by atoms with Crippen molar-refractivity contribution in [3.63, 3.8) is 0 Å². The van der Waals surface area contributed by atoms with Gasteiger partial charge in [0.1, 0.15) is 0 Å². The van der Waals surface area contributed by atoms with E-state index in [0.717, 1.165) is 5.69 Å². The predicted molar refractivity (Wildman–Crippen MR) is 277 cm³/mol. The Kier molecular flexibility index (Phi) is 7.07. The molecule has 10 aromatic carbocycles. The van der Waals surface area contributed by atoms with Crippen molar-refractivity contribution in [1.29, 1.82) is 0 Å². The maximum Gasteiger partial charge on any atom is 0.0782 e. The second-order valence-corrected chi connectivity index (χ2v) is 18.2. The average molecular weight is 845 g/mol. The van der Waals surface area contributed by atoms with Crippen LogP contribution in [0.1, 0.15) is 0 Å². The number of fused-ring (bicyclic) bond motifs is 15. The lowest BCUT2D eigenvalue weighted by molar-refractivity contribution is 1.14. The van der Waals surface area contributed by atoms with Crippen molar-refractivity contribution >= 4 is 119 Å². The number of para-hydroxylation sites is 7. The summed E-state index contributed by atoms with van der Waals surface area (Å²) in [5.74, 6) is 0. The summed E-state index contributed by atoms with van der Waals surface area (Å²) in [6.07, 6.45) is 0. The van der Waals surface area contributed by atoms with E-state index >= 15 is 0 Å². The molecule has 0 aliphatic carbocycles. The molecule has 0 unspecified atom stereocenters. The van der Waals surface area contributed by atoms with Crippen molar-refractivity contribution in [2.24, 2.45) is 0 Å². The van der Waals surface area contributed by atoms with Crippen LogP contribution in [0.5, 0.6) is 0 Å². The van der Waals surface area contributed by atoms with Gasteiger partial charge < -0.3 is 18.3 Å². The van der Waals surface area contributed by atoms with Crippen LogP contribution in [0.15, 0.2) is 218 Å². The van der Waals surface area contributed by atoms with E-state index in [1.165, 1.54) is 124 Å². The maximum absolute atomic E-state index is 2.54. The van der Waals surface area contributed by atoms with Crippen LogP contribution < -0.4 is 0 Å². The van der Waals surface area contributed by atoms with Gasteiger partial charge in [-0.2, -0.15) is 0 Å². The Labute approximate surface area is 376 Å². The molecule has 5 heteroatoms. The van der Waals surface area contributed by atoms with Gasteiger partial charge in [0, 0.05) is 59.5 Å². The standard InChI is InChI=1S/C60H36N4S/c1-7-25-48-38(16-1)39-17-2-8-26-49(39)61(48)37-34-35-54-47(36-37)43-21-6-11-29-52(43)63(54)56-32-14-23-45-46-24-15-33-57(60(46)65-59(45)56)64-53-30-12-5-20-42(53)44-22-13-31-55(58(44)64)62-50-27-9-3-18-40(50)41-19-4-10-28-51(41)62/h1-36H. The van der Waals surface area contributed by atoms with Crippen LogP contribution >= 0.6 is 11.3 Å². The Bertz CT molecular complexity index is 4380. The van der Waals surface area contributed by atoms with E-state index in [9.17, 15) is 0 Å². The molecule has 0 atom stereocenters. The van der Waals surface area contributed by atoms with Gasteiger partial charge >= 0.3 is 0 Å². The molecular formula is C60H36N4S. The second kappa shape index (κ2) is 13.1. The first-order valence-electron chi connectivity index (χ1n) is 22.3. The average Bonchev–Trinajstić information content (AvgIpc) is 4.17. The van der Waals surface area contributed by atoms with E-state index in [0.29, 0.717) is 0 Å². The van der Waals surface area contributed by atoms with Crippen LogP contribution in [0.25, 0.3) is 130 Å². The number of aromatic nitrogens is 4. The number of hydrogen-bond donors (Lipinski definition) is 0. The Morgan fingerprint density at radius 2 is 0.569 bits per heavy atom. The van der Waals surface area contributed by atoms with Crippen LogP contribution in [0, 0.1) is 0 Å². The molecule has 0 aliphatic heterocycles. The third-order valence-corrected chi connectivity index (χ3v) is 15.2. The first-order valence-corrected chi connectivity index (χ1v) is 23.1. The normalized spacial score (nSPS) is 12.3. The molecule has 0 bridgehead atoms. The van der Waals surface area contributed by atoms with Gasteiger partial charge in [0.2, 0.25) is 0 Å². The summed E-state index contributed by atoms with van der Waals surface area (Å²) in [5.41, 5.74) is 14.3. The van der Waals surface area contributed by atoms with E-state index in [1.807, 2.05) is 11.3 Å². The zero-order chi connectivity index (χ0) is 42.3. The molecule has 0 amide bonds. The van der Waals surface area contributed by atoms with E-state index < -0.39 is 0 Å². The molecule has 0 saturated carbocycles. The Morgan fingerprint density at radius 1 is 0.231 bits per heavy atom. The number of thiophene rings is 1. The van der Waals surface area contributed by atoms with E-state index in [4.69, 9.17) is 0 Å². The smallest absolute Gasteiger partial charge is 0.0782 e. The van der Waals surface area contributed by atoms with Crippen LogP contribution in [-0.4, -0.2) is 18.3 Å². The molecule has 15 rings (SSSR count). The molecule has 65 heavy (non-hydrogen) atoms. The lowest BCUT2D eigenvalue weighted by atomic mass is 10.1. The molecule has 4 nitrogen and oxygen atoms in total. The van der Waals surface area contributed by atoms with Crippen molar-refractivity contribution in [3.8, 4) is 22.7 Å². The number of rotatable bonds is 4. The third-order valence-electron chi connectivity index (χ3n) is 14.0. The highest BCUT2D eigenvalue weighted by Gasteiger charge is 2.23. The molecular weight excluding hydrogens is 809 g/mol. The lowest BCUT2D eigenvalue weighted by Gasteiger charge is -2.15. The molecule has 0 fully saturated rings. The van der Waals surface area contributed by atoms with Gasteiger partial charge in [0.15, 0.2) is 0 Å². The first kappa shape index (κ1) is 35.1. The van der Waals surface area contributed by atoms with Gasteiger partial charge in [-0.15, -0.1) is 11.3 Å².